The fourth-order valence-electron chi connectivity index (χ4n) is 3.48. The van der Waals surface area contributed by atoms with Crippen LogP contribution in [0.1, 0.15) is 46.0 Å². The van der Waals surface area contributed by atoms with Gasteiger partial charge >= 0.3 is 0 Å². The number of nitrogens with zero attached hydrogens (tertiary/aromatic N) is 6. The number of unbranched alkanes of at least 4 members (excludes halogenated alkanes) is 2. The lowest BCUT2D eigenvalue weighted by Gasteiger charge is -2.22. The molecule has 0 saturated carbocycles. The molecule has 1 fully saturated rings. The van der Waals surface area contributed by atoms with E-state index in [9.17, 15) is 14.8 Å². The summed E-state index contributed by atoms with van der Waals surface area (Å²) in [6.45, 7) is 8.17. The summed E-state index contributed by atoms with van der Waals surface area (Å²) in [5, 5.41) is 13.1. The average molecular weight is 452 g/mol. The van der Waals surface area contributed by atoms with Gasteiger partial charge in [-0.3, -0.25) is 25.6 Å². The second-order valence-corrected chi connectivity index (χ2v) is 7.99. The molecular formula is C20H37N9O3. The third-order valence-electron chi connectivity index (χ3n) is 5.31. The predicted octanol–water partition coefficient (Wildman–Crippen LogP) is 0.933. The van der Waals surface area contributed by atoms with Crippen molar-refractivity contribution in [3.8, 4) is 0 Å². The summed E-state index contributed by atoms with van der Waals surface area (Å²) < 4.78 is 0. The van der Waals surface area contributed by atoms with Crippen molar-refractivity contribution in [1.82, 2.24) is 30.3 Å². The van der Waals surface area contributed by atoms with E-state index in [1.165, 1.54) is 0 Å². The standard InChI is InChI=1S/C20H37N9O3/c1-4-6-7-9-16(14-29(32)15-30)17(31)25-26-19-22-18(21-5-2)23-20(24-19)28-11-8-10-27(3)12-13-28/h15-16,32H,4-14H2,1-3H3,(H,25,31)(H2,21,22,23,24,26). The first-order valence-electron chi connectivity index (χ1n) is 11.4. The molecule has 2 heterocycles. The average Bonchev–Trinajstić information content (AvgIpc) is 3.01. The second-order valence-electron chi connectivity index (χ2n) is 7.99. The van der Waals surface area contributed by atoms with E-state index in [0.717, 1.165) is 51.9 Å². The lowest BCUT2D eigenvalue weighted by Crippen LogP contribution is -2.40. The van der Waals surface area contributed by atoms with Gasteiger partial charge in [0.25, 0.3) is 0 Å². The van der Waals surface area contributed by atoms with E-state index in [1.807, 2.05) is 6.92 Å². The van der Waals surface area contributed by atoms with E-state index >= 15 is 0 Å². The molecule has 1 aromatic heterocycles. The first-order valence-corrected chi connectivity index (χ1v) is 11.4. The summed E-state index contributed by atoms with van der Waals surface area (Å²) >= 11 is 0. The van der Waals surface area contributed by atoms with Crippen LogP contribution in [0.4, 0.5) is 17.8 Å². The predicted molar refractivity (Wildman–Crippen MR) is 122 cm³/mol. The quantitative estimate of drug-likeness (QED) is 0.148. The molecule has 1 saturated heterocycles. The SMILES string of the molecule is CCCCCC(CN(O)C=O)C(=O)NNc1nc(NCC)nc(N2CCCN(C)CC2)n1. The molecule has 1 aliphatic heterocycles. The van der Waals surface area contributed by atoms with Crippen molar-refractivity contribution in [3.63, 3.8) is 0 Å². The third kappa shape index (κ3) is 8.42. The summed E-state index contributed by atoms with van der Waals surface area (Å²) in [4.78, 5) is 41.2. The van der Waals surface area contributed by atoms with Gasteiger partial charge in [-0.15, -0.1) is 0 Å². The number of carbonyl (C=O) groups is 2. The molecule has 0 aromatic carbocycles. The van der Waals surface area contributed by atoms with Gasteiger partial charge in [-0.25, -0.2) is 5.06 Å². The Morgan fingerprint density at radius 2 is 1.94 bits per heavy atom. The van der Waals surface area contributed by atoms with Crippen LogP contribution in [0.5, 0.6) is 0 Å². The van der Waals surface area contributed by atoms with Crippen LogP contribution in [0.15, 0.2) is 0 Å². The zero-order valence-electron chi connectivity index (χ0n) is 19.4. The van der Waals surface area contributed by atoms with E-state index in [0.29, 0.717) is 36.3 Å². The van der Waals surface area contributed by atoms with Crippen LogP contribution >= 0.6 is 0 Å². The summed E-state index contributed by atoms with van der Waals surface area (Å²) in [5.74, 6) is 0.296. The monoisotopic (exact) mass is 451 g/mol. The number of hydrogen-bond acceptors (Lipinski definition) is 10. The van der Waals surface area contributed by atoms with Gasteiger partial charge in [0.2, 0.25) is 30.2 Å². The van der Waals surface area contributed by atoms with Crippen molar-refractivity contribution in [3.05, 3.63) is 0 Å². The molecule has 180 valence electrons. The molecule has 12 nitrogen and oxygen atoms in total. The van der Waals surface area contributed by atoms with Crippen molar-refractivity contribution in [1.29, 1.82) is 0 Å². The number of carbonyl (C=O) groups excluding carboxylic acids is 2. The number of hydrazine groups is 1. The van der Waals surface area contributed by atoms with Crippen molar-refractivity contribution in [2.24, 2.45) is 5.92 Å². The fourth-order valence-corrected chi connectivity index (χ4v) is 3.48. The molecule has 12 heteroatoms. The molecule has 1 atom stereocenters. The maximum absolute atomic E-state index is 12.7. The van der Waals surface area contributed by atoms with E-state index < -0.39 is 5.92 Å². The molecule has 1 aliphatic rings. The minimum atomic E-state index is -0.556. The van der Waals surface area contributed by atoms with Gasteiger partial charge in [-0.1, -0.05) is 26.2 Å². The molecule has 0 spiro atoms. The number of rotatable bonds is 13. The molecule has 0 aliphatic carbocycles. The topological polar surface area (TPSA) is 139 Å². The molecule has 32 heavy (non-hydrogen) atoms. The minimum Gasteiger partial charge on any atom is -0.354 e. The number of nitrogens with one attached hydrogen (secondary N) is 3. The first-order chi connectivity index (χ1) is 15.5. The fraction of sp³-hybridized carbons (Fsp3) is 0.750. The van der Waals surface area contributed by atoms with E-state index in [2.05, 4.69) is 54.9 Å². The van der Waals surface area contributed by atoms with Gasteiger partial charge in [0, 0.05) is 26.2 Å². The highest BCUT2D eigenvalue weighted by Gasteiger charge is 2.22. The Kier molecular flexibility index (Phi) is 10.9. The van der Waals surface area contributed by atoms with Crippen LogP contribution in [0.3, 0.4) is 0 Å². The number of hydroxylamine groups is 2. The summed E-state index contributed by atoms with van der Waals surface area (Å²) in [5.41, 5.74) is 5.41. The normalized spacial score (nSPS) is 15.6. The largest absolute Gasteiger partial charge is 0.354 e. The Hall–Kier alpha value is -2.73. The Bertz CT molecular complexity index is 722. The molecule has 1 unspecified atom stereocenters. The molecule has 1 aromatic rings. The Morgan fingerprint density at radius 1 is 1.16 bits per heavy atom. The number of anilines is 3. The highest BCUT2D eigenvalue weighted by Crippen LogP contribution is 2.16. The molecule has 0 radical (unpaired) electrons. The highest BCUT2D eigenvalue weighted by molar-refractivity contribution is 5.80. The van der Waals surface area contributed by atoms with Gasteiger partial charge in [-0.2, -0.15) is 15.0 Å². The smallest absolute Gasteiger partial charge is 0.248 e. The van der Waals surface area contributed by atoms with Crippen molar-refractivity contribution in [2.45, 2.75) is 46.0 Å². The Balaban J connectivity index is 2.09. The van der Waals surface area contributed by atoms with Gasteiger partial charge in [0.05, 0.1) is 12.5 Å². The van der Waals surface area contributed by atoms with Gasteiger partial charge in [-0.05, 0) is 33.4 Å². The number of aromatic nitrogens is 3. The van der Waals surface area contributed by atoms with E-state index in [-0.39, 0.29) is 18.4 Å². The molecule has 2 rings (SSSR count). The number of hydrogen-bond donors (Lipinski definition) is 4. The maximum atomic E-state index is 12.7. The Labute approximate surface area is 189 Å². The third-order valence-corrected chi connectivity index (χ3v) is 5.31. The van der Waals surface area contributed by atoms with Crippen LogP contribution in [-0.4, -0.2) is 88.8 Å². The Morgan fingerprint density at radius 3 is 2.66 bits per heavy atom. The van der Waals surface area contributed by atoms with Crippen molar-refractivity contribution in [2.75, 3.05) is 62.0 Å². The van der Waals surface area contributed by atoms with Gasteiger partial charge in [0.1, 0.15) is 0 Å². The lowest BCUT2D eigenvalue weighted by atomic mass is 10.0. The van der Waals surface area contributed by atoms with Crippen molar-refractivity contribution >= 4 is 30.2 Å². The number of amides is 2. The maximum Gasteiger partial charge on any atom is 0.248 e. The van der Waals surface area contributed by atoms with Crippen molar-refractivity contribution < 1.29 is 14.8 Å². The lowest BCUT2D eigenvalue weighted by molar-refractivity contribution is -0.154. The van der Waals surface area contributed by atoms with Crippen LogP contribution in [0.25, 0.3) is 0 Å². The minimum absolute atomic E-state index is 0.0763. The van der Waals surface area contributed by atoms with E-state index in [4.69, 9.17) is 0 Å². The zero-order valence-corrected chi connectivity index (χ0v) is 19.4. The van der Waals surface area contributed by atoms with Gasteiger partial charge in [0.15, 0.2) is 0 Å². The van der Waals surface area contributed by atoms with Crippen LogP contribution in [0.2, 0.25) is 0 Å². The molecule has 2 amide bonds. The molecule has 4 N–H and O–H groups in total. The first kappa shape index (κ1) is 25.5. The van der Waals surface area contributed by atoms with Crippen LogP contribution < -0.4 is 21.1 Å². The summed E-state index contributed by atoms with van der Waals surface area (Å²) in [6.07, 6.45) is 4.66. The van der Waals surface area contributed by atoms with Gasteiger partial charge < -0.3 is 15.1 Å². The highest BCUT2D eigenvalue weighted by atomic mass is 16.5. The second kappa shape index (κ2) is 13.6. The zero-order chi connectivity index (χ0) is 23.3. The molecule has 0 bridgehead atoms. The molecular weight excluding hydrogens is 414 g/mol. The summed E-state index contributed by atoms with van der Waals surface area (Å²) in [6, 6.07) is 0. The van der Waals surface area contributed by atoms with E-state index in [1.54, 1.807) is 0 Å². The summed E-state index contributed by atoms with van der Waals surface area (Å²) in [7, 11) is 2.10. The van der Waals surface area contributed by atoms with Crippen LogP contribution in [0, 0.1) is 5.92 Å². The van der Waals surface area contributed by atoms with Crippen LogP contribution in [-0.2, 0) is 9.59 Å². The number of likely N-dealkylation sites (N-methyl/N-ethyl adjacent to an activating group) is 1.